The Morgan fingerprint density at radius 2 is 1.74 bits per heavy atom. The number of rotatable bonds is 4. The van der Waals surface area contributed by atoms with Crippen LogP contribution in [0.25, 0.3) is 33.1 Å². The van der Waals surface area contributed by atoms with E-state index >= 15 is 0 Å². The Balaban J connectivity index is 1.27. The molecule has 0 atom stereocenters. The lowest BCUT2D eigenvalue weighted by molar-refractivity contribution is 0.148. The van der Waals surface area contributed by atoms with E-state index in [0.29, 0.717) is 22.5 Å². The zero-order chi connectivity index (χ0) is 26.9. The van der Waals surface area contributed by atoms with Crippen LogP contribution in [0, 0.1) is 11.8 Å². The van der Waals surface area contributed by atoms with Crippen molar-refractivity contribution < 1.29 is 0 Å². The summed E-state index contributed by atoms with van der Waals surface area (Å²) in [6.45, 7) is 9.59. The average Bonchev–Trinajstić information content (AvgIpc) is 3.33. The van der Waals surface area contributed by atoms with Crippen molar-refractivity contribution in [1.82, 2.24) is 34.5 Å². The molecule has 0 unspecified atom stereocenters. The van der Waals surface area contributed by atoms with Crippen LogP contribution in [0.3, 0.4) is 0 Å². The van der Waals surface area contributed by atoms with Crippen LogP contribution in [0.2, 0.25) is 0 Å². The smallest absolute Gasteiger partial charge is 0.164 e. The molecule has 0 bridgehead atoms. The standard InChI is InChI=1S/C31H32N8/c1-21(2)39-31-29(30(32)34-20-35-31)27(36-39)12-11-23-5-4-6-25-17-28(33-18-26(23)25)24-9-7-22(8-10-24)19-38-15-13-37(3)14-16-38/h4-10,17-18,20-21H,13-16,19H2,1-3H3,(H2,32,34,35). The van der Waals surface area contributed by atoms with Gasteiger partial charge >= 0.3 is 0 Å². The highest BCUT2D eigenvalue weighted by Crippen LogP contribution is 2.26. The molecular weight excluding hydrogens is 484 g/mol. The molecule has 8 heteroatoms. The van der Waals surface area contributed by atoms with Crippen LogP contribution in [0.5, 0.6) is 0 Å². The molecule has 196 valence electrons. The molecule has 3 aromatic heterocycles. The van der Waals surface area contributed by atoms with Crippen molar-refractivity contribution in [2.75, 3.05) is 39.0 Å². The Labute approximate surface area is 228 Å². The Bertz CT molecular complexity index is 1700. The maximum absolute atomic E-state index is 6.18. The number of anilines is 1. The SMILES string of the molecule is CC(C)n1nc(C#Cc2cccc3cc(-c4ccc(CN5CCN(C)CC5)cc4)ncc23)c2c(N)ncnc21. The molecule has 1 aliphatic rings. The number of nitrogens with two attached hydrogens (primary N) is 1. The first-order valence-corrected chi connectivity index (χ1v) is 13.4. The largest absolute Gasteiger partial charge is 0.383 e. The lowest BCUT2D eigenvalue weighted by Gasteiger charge is -2.32. The average molecular weight is 517 g/mol. The van der Waals surface area contributed by atoms with E-state index < -0.39 is 0 Å². The van der Waals surface area contributed by atoms with Gasteiger partial charge in [-0.05, 0) is 49.9 Å². The summed E-state index contributed by atoms with van der Waals surface area (Å²) >= 11 is 0. The number of likely N-dealkylation sites (N-methyl/N-ethyl adjacent to an activating group) is 1. The van der Waals surface area contributed by atoms with E-state index in [1.54, 1.807) is 0 Å². The maximum Gasteiger partial charge on any atom is 0.164 e. The number of nitrogens with zero attached hydrogens (tertiary/aromatic N) is 7. The first-order chi connectivity index (χ1) is 19.0. The molecule has 0 spiro atoms. The van der Waals surface area contributed by atoms with Gasteiger partial charge in [-0.1, -0.05) is 42.3 Å². The number of hydrogen-bond acceptors (Lipinski definition) is 7. The predicted octanol–water partition coefficient (Wildman–Crippen LogP) is 4.35. The lowest BCUT2D eigenvalue weighted by atomic mass is 10.0. The third-order valence-corrected chi connectivity index (χ3v) is 7.34. The van der Waals surface area contributed by atoms with E-state index in [1.165, 1.54) is 11.9 Å². The van der Waals surface area contributed by atoms with Crippen molar-refractivity contribution in [2.45, 2.75) is 26.4 Å². The van der Waals surface area contributed by atoms with E-state index in [-0.39, 0.29) is 6.04 Å². The van der Waals surface area contributed by atoms with Gasteiger partial charge in [0.1, 0.15) is 17.8 Å². The van der Waals surface area contributed by atoms with Gasteiger partial charge in [0.25, 0.3) is 0 Å². The first kappa shape index (κ1) is 25.0. The molecule has 1 fully saturated rings. The second-order valence-electron chi connectivity index (χ2n) is 10.5. The summed E-state index contributed by atoms with van der Waals surface area (Å²) in [5.41, 5.74) is 11.7. The molecule has 0 amide bonds. The second-order valence-corrected chi connectivity index (χ2v) is 10.5. The van der Waals surface area contributed by atoms with E-state index in [9.17, 15) is 0 Å². The molecule has 0 radical (unpaired) electrons. The Hall–Kier alpha value is -4.32. The normalized spacial score (nSPS) is 14.7. The summed E-state index contributed by atoms with van der Waals surface area (Å²) in [7, 11) is 2.19. The van der Waals surface area contributed by atoms with Crippen molar-refractivity contribution >= 4 is 27.6 Å². The summed E-state index contributed by atoms with van der Waals surface area (Å²) in [4.78, 5) is 18.2. The van der Waals surface area contributed by atoms with Gasteiger partial charge in [-0.25, -0.2) is 14.6 Å². The topological polar surface area (TPSA) is 89.0 Å². The van der Waals surface area contributed by atoms with Crippen LogP contribution in [0.1, 0.15) is 36.7 Å². The molecule has 0 saturated carbocycles. The minimum Gasteiger partial charge on any atom is -0.383 e. The Morgan fingerprint density at radius 1 is 0.949 bits per heavy atom. The minimum atomic E-state index is 0.123. The van der Waals surface area contributed by atoms with Crippen LogP contribution >= 0.6 is 0 Å². The second kappa shape index (κ2) is 10.4. The Kier molecular flexibility index (Phi) is 6.69. The minimum absolute atomic E-state index is 0.123. The third-order valence-electron chi connectivity index (χ3n) is 7.34. The number of nitrogen functional groups attached to an aromatic ring is 1. The monoisotopic (exact) mass is 516 g/mol. The number of piperazine rings is 1. The summed E-state index contributed by atoms with van der Waals surface area (Å²) in [5.74, 6) is 6.91. The van der Waals surface area contributed by atoms with Crippen LogP contribution in [-0.2, 0) is 6.54 Å². The zero-order valence-electron chi connectivity index (χ0n) is 22.6. The molecule has 1 aliphatic heterocycles. The molecule has 0 aliphatic carbocycles. The summed E-state index contributed by atoms with van der Waals surface area (Å²) in [5, 5.41) is 7.46. The van der Waals surface area contributed by atoms with E-state index in [1.807, 2.05) is 23.0 Å². The van der Waals surface area contributed by atoms with Gasteiger partial charge in [0.15, 0.2) is 5.65 Å². The van der Waals surface area contributed by atoms with E-state index in [4.69, 9.17) is 10.7 Å². The van der Waals surface area contributed by atoms with Crippen molar-refractivity contribution in [3.8, 4) is 23.1 Å². The first-order valence-electron chi connectivity index (χ1n) is 13.4. The van der Waals surface area contributed by atoms with Gasteiger partial charge < -0.3 is 10.6 Å². The van der Waals surface area contributed by atoms with Crippen LogP contribution in [-0.4, -0.2) is 67.8 Å². The van der Waals surface area contributed by atoms with Gasteiger partial charge in [0.05, 0.1) is 11.1 Å². The highest BCUT2D eigenvalue weighted by molar-refractivity contribution is 5.92. The summed E-state index contributed by atoms with van der Waals surface area (Å²) in [6.07, 6.45) is 3.37. The third kappa shape index (κ3) is 5.07. The highest BCUT2D eigenvalue weighted by Gasteiger charge is 2.16. The fourth-order valence-corrected chi connectivity index (χ4v) is 5.05. The molecule has 5 aromatic rings. The number of fused-ring (bicyclic) bond motifs is 2. The number of hydrogen-bond donors (Lipinski definition) is 1. The summed E-state index contributed by atoms with van der Waals surface area (Å²) in [6, 6.07) is 17.2. The number of benzene rings is 2. The van der Waals surface area contributed by atoms with Crippen molar-refractivity contribution in [3.05, 3.63) is 77.9 Å². The van der Waals surface area contributed by atoms with Gasteiger partial charge in [-0.2, -0.15) is 5.10 Å². The summed E-state index contributed by atoms with van der Waals surface area (Å²) < 4.78 is 1.84. The molecule has 1 saturated heterocycles. The lowest BCUT2D eigenvalue weighted by Crippen LogP contribution is -2.43. The van der Waals surface area contributed by atoms with Crippen LogP contribution in [0.4, 0.5) is 5.82 Å². The quantitative estimate of drug-likeness (QED) is 0.355. The fraction of sp³-hybridized carbons (Fsp3) is 0.290. The van der Waals surface area contributed by atoms with Gasteiger partial charge in [-0.3, -0.25) is 9.88 Å². The zero-order valence-corrected chi connectivity index (χ0v) is 22.6. The fourth-order valence-electron chi connectivity index (χ4n) is 5.05. The molecule has 2 N–H and O–H groups in total. The van der Waals surface area contributed by atoms with Crippen molar-refractivity contribution in [2.24, 2.45) is 0 Å². The maximum atomic E-state index is 6.18. The van der Waals surface area contributed by atoms with Crippen LogP contribution < -0.4 is 5.73 Å². The van der Waals surface area contributed by atoms with Gasteiger partial charge in [0.2, 0.25) is 0 Å². The number of aromatic nitrogens is 5. The molecule has 8 nitrogen and oxygen atoms in total. The molecule has 6 rings (SSSR count). The predicted molar refractivity (Wildman–Crippen MR) is 156 cm³/mol. The van der Waals surface area contributed by atoms with E-state index in [2.05, 4.69) is 94.0 Å². The highest BCUT2D eigenvalue weighted by atomic mass is 15.3. The molecule has 4 heterocycles. The molecule has 39 heavy (non-hydrogen) atoms. The van der Waals surface area contributed by atoms with Gasteiger partial charge in [-0.15, -0.1) is 0 Å². The molecular formula is C31H32N8. The number of pyridine rings is 1. The molecule has 2 aromatic carbocycles. The van der Waals surface area contributed by atoms with Gasteiger partial charge in [0, 0.05) is 61.5 Å². The van der Waals surface area contributed by atoms with Crippen molar-refractivity contribution in [1.29, 1.82) is 0 Å². The van der Waals surface area contributed by atoms with Crippen molar-refractivity contribution in [3.63, 3.8) is 0 Å². The Morgan fingerprint density at radius 3 is 2.51 bits per heavy atom. The van der Waals surface area contributed by atoms with Crippen LogP contribution in [0.15, 0.2) is 61.1 Å². The van der Waals surface area contributed by atoms with E-state index in [0.717, 1.165) is 60.3 Å².